The van der Waals surface area contributed by atoms with E-state index in [1.807, 2.05) is 24.3 Å². The van der Waals surface area contributed by atoms with Gasteiger partial charge in [-0.2, -0.15) is 0 Å². The van der Waals surface area contributed by atoms with Crippen LogP contribution < -0.4 is 15.4 Å². The van der Waals surface area contributed by atoms with Gasteiger partial charge in [-0.05, 0) is 12.1 Å². The number of hydrogen-bond acceptors (Lipinski definition) is 5. The van der Waals surface area contributed by atoms with Crippen molar-refractivity contribution in [3.05, 3.63) is 30.0 Å². The second kappa shape index (κ2) is 10.6. The van der Waals surface area contributed by atoms with Crippen LogP contribution in [0.25, 0.3) is 11.0 Å². The number of morpholine rings is 1. The van der Waals surface area contributed by atoms with Crippen LogP contribution in [0.2, 0.25) is 0 Å². The zero-order valence-electron chi connectivity index (χ0n) is 15.3. The molecule has 0 amide bonds. The summed E-state index contributed by atoms with van der Waals surface area (Å²) >= 11 is 0. The van der Waals surface area contributed by atoms with Gasteiger partial charge in [-0.3, -0.25) is 9.89 Å². The summed E-state index contributed by atoms with van der Waals surface area (Å²) in [4.78, 5) is 6.64. The molecule has 2 aromatic rings. The van der Waals surface area contributed by atoms with Gasteiger partial charge < -0.3 is 24.5 Å². The minimum absolute atomic E-state index is 0. The van der Waals surface area contributed by atoms with Crippen molar-refractivity contribution in [3.63, 3.8) is 0 Å². The molecule has 1 aliphatic rings. The standard InChI is InChI=1S/C18H26N4O3.HI/c1-19-18(20-6-7-22-8-10-24-11-9-22)21-13-15-12-14-4-3-5-16(23-2)17(14)25-15;/h3-5,12H,6-11,13H2,1-2H3,(H2,19,20,21);1H. The van der Waals surface area contributed by atoms with Gasteiger partial charge in [0.05, 0.1) is 26.9 Å². The summed E-state index contributed by atoms with van der Waals surface area (Å²) in [7, 11) is 3.42. The molecule has 8 heteroatoms. The maximum atomic E-state index is 5.89. The monoisotopic (exact) mass is 474 g/mol. The average molecular weight is 474 g/mol. The lowest BCUT2D eigenvalue weighted by atomic mass is 10.2. The topological polar surface area (TPSA) is 71.3 Å². The molecular formula is C18H27IN4O3. The molecule has 26 heavy (non-hydrogen) atoms. The number of fused-ring (bicyclic) bond motifs is 1. The summed E-state index contributed by atoms with van der Waals surface area (Å²) in [5.74, 6) is 2.35. The summed E-state index contributed by atoms with van der Waals surface area (Å²) in [6, 6.07) is 7.89. The Morgan fingerprint density at radius 1 is 1.27 bits per heavy atom. The first-order valence-corrected chi connectivity index (χ1v) is 8.60. The van der Waals surface area contributed by atoms with Gasteiger partial charge in [0, 0.05) is 38.6 Å². The highest BCUT2D eigenvalue weighted by atomic mass is 127. The predicted molar refractivity (Wildman–Crippen MR) is 114 cm³/mol. The molecule has 2 heterocycles. The Hall–Kier alpha value is -1.52. The molecule has 0 radical (unpaired) electrons. The number of para-hydroxylation sites is 1. The molecule has 1 aromatic heterocycles. The normalized spacial score (nSPS) is 15.5. The number of hydrogen-bond donors (Lipinski definition) is 2. The Morgan fingerprint density at radius 3 is 2.81 bits per heavy atom. The van der Waals surface area contributed by atoms with E-state index in [-0.39, 0.29) is 24.0 Å². The lowest BCUT2D eigenvalue weighted by Crippen LogP contribution is -2.44. The molecule has 0 unspecified atom stereocenters. The zero-order valence-corrected chi connectivity index (χ0v) is 17.6. The zero-order chi connectivity index (χ0) is 17.5. The molecule has 0 saturated carbocycles. The molecule has 2 N–H and O–H groups in total. The Morgan fingerprint density at radius 2 is 2.08 bits per heavy atom. The van der Waals surface area contributed by atoms with Crippen LogP contribution in [0, 0.1) is 0 Å². The molecule has 144 valence electrons. The van der Waals surface area contributed by atoms with E-state index >= 15 is 0 Å². The summed E-state index contributed by atoms with van der Waals surface area (Å²) in [6.07, 6.45) is 0. The number of guanidine groups is 1. The molecule has 7 nitrogen and oxygen atoms in total. The Labute approximate surface area is 171 Å². The number of ether oxygens (including phenoxy) is 2. The molecule has 1 saturated heterocycles. The van der Waals surface area contributed by atoms with E-state index in [1.54, 1.807) is 14.2 Å². The van der Waals surface area contributed by atoms with Crippen molar-refractivity contribution in [2.45, 2.75) is 6.54 Å². The van der Waals surface area contributed by atoms with Crippen LogP contribution in [0.3, 0.4) is 0 Å². The summed E-state index contributed by atoms with van der Waals surface area (Å²) < 4.78 is 16.6. The van der Waals surface area contributed by atoms with Crippen LogP contribution in [-0.4, -0.2) is 64.4 Å². The van der Waals surface area contributed by atoms with E-state index < -0.39 is 0 Å². The fourth-order valence-electron chi connectivity index (χ4n) is 2.89. The average Bonchev–Trinajstić information content (AvgIpc) is 3.08. The molecule has 0 aliphatic carbocycles. The third-order valence-corrected chi connectivity index (χ3v) is 4.26. The molecule has 0 spiro atoms. The van der Waals surface area contributed by atoms with Gasteiger partial charge in [-0.1, -0.05) is 12.1 Å². The van der Waals surface area contributed by atoms with Crippen LogP contribution >= 0.6 is 24.0 Å². The Kier molecular flexibility index (Phi) is 8.46. The fraction of sp³-hybridized carbons (Fsp3) is 0.500. The van der Waals surface area contributed by atoms with Crippen molar-refractivity contribution in [1.82, 2.24) is 15.5 Å². The van der Waals surface area contributed by atoms with Crippen LogP contribution in [-0.2, 0) is 11.3 Å². The largest absolute Gasteiger partial charge is 0.493 e. The van der Waals surface area contributed by atoms with E-state index in [0.717, 1.165) is 67.8 Å². The minimum Gasteiger partial charge on any atom is -0.493 e. The van der Waals surface area contributed by atoms with Crippen molar-refractivity contribution >= 4 is 40.9 Å². The molecular weight excluding hydrogens is 447 g/mol. The van der Waals surface area contributed by atoms with Gasteiger partial charge in [0.2, 0.25) is 0 Å². The lowest BCUT2D eigenvalue weighted by molar-refractivity contribution is 0.0389. The molecule has 1 aliphatic heterocycles. The number of aliphatic imine (C=N–C) groups is 1. The highest BCUT2D eigenvalue weighted by Crippen LogP contribution is 2.28. The number of nitrogens with zero attached hydrogens (tertiary/aromatic N) is 2. The number of benzene rings is 1. The van der Waals surface area contributed by atoms with Gasteiger partial charge >= 0.3 is 0 Å². The van der Waals surface area contributed by atoms with Crippen molar-refractivity contribution in [2.24, 2.45) is 4.99 Å². The van der Waals surface area contributed by atoms with Crippen LogP contribution in [0.4, 0.5) is 0 Å². The number of methoxy groups -OCH3 is 1. The van der Waals surface area contributed by atoms with Crippen molar-refractivity contribution < 1.29 is 13.9 Å². The number of nitrogens with one attached hydrogen (secondary N) is 2. The molecule has 0 bridgehead atoms. The highest BCUT2D eigenvalue weighted by molar-refractivity contribution is 14.0. The quantitative estimate of drug-likeness (QED) is 0.380. The fourth-order valence-corrected chi connectivity index (χ4v) is 2.89. The second-order valence-electron chi connectivity index (χ2n) is 5.90. The molecule has 0 atom stereocenters. The minimum atomic E-state index is 0. The summed E-state index contributed by atoms with van der Waals surface area (Å²) in [5.41, 5.74) is 0.775. The van der Waals surface area contributed by atoms with E-state index in [1.165, 1.54) is 0 Å². The smallest absolute Gasteiger partial charge is 0.191 e. The van der Waals surface area contributed by atoms with E-state index in [9.17, 15) is 0 Å². The maximum Gasteiger partial charge on any atom is 0.191 e. The van der Waals surface area contributed by atoms with Gasteiger partial charge in [0.1, 0.15) is 5.76 Å². The van der Waals surface area contributed by atoms with E-state index in [4.69, 9.17) is 13.9 Å². The maximum absolute atomic E-state index is 5.89. The van der Waals surface area contributed by atoms with Gasteiger partial charge in [-0.25, -0.2) is 0 Å². The summed E-state index contributed by atoms with van der Waals surface area (Å²) in [5, 5.41) is 7.65. The van der Waals surface area contributed by atoms with Crippen molar-refractivity contribution in [3.8, 4) is 5.75 Å². The third-order valence-electron chi connectivity index (χ3n) is 4.26. The first-order valence-electron chi connectivity index (χ1n) is 8.60. The van der Waals surface area contributed by atoms with Crippen LogP contribution in [0.15, 0.2) is 33.7 Å². The highest BCUT2D eigenvalue weighted by Gasteiger charge is 2.11. The SMILES string of the molecule is CN=C(NCCN1CCOCC1)NCc1cc2cccc(OC)c2o1.I. The molecule has 1 fully saturated rings. The first-order chi connectivity index (χ1) is 12.3. The summed E-state index contributed by atoms with van der Waals surface area (Å²) in [6.45, 7) is 6.02. The molecule has 3 rings (SSSR count). The Bertz CT molecular complexity index is 714. The van der Waals surface area contributed by atoms with Crippen molar-refractivity contribution in [1.29, 1.82) is 0 Å². The van der Waals surface area contributed by atoms with Gasteiger partial charge in [-0.15, -0.1) is 24.0 Å². The Balaban J connectivity index is 0.00000243. The van der Waals surface area contributed by atoms with Crippen LogP contribution in [0.1, 0.15) is 5.76 Å². The number of halogens is 1. The van der Waals surface area contributed by atoms with E-state index in [0.29, 0.717) is 6.54 Å². The second-order valence-corrected chi connectivity index (χ2v) is 5.90. The number of rotatable bonds is 6. The van der Waals surface area contributed by atoms with Gasteiger partial charge in [0.15, 0.2) is 17.3 Å². The number of furan rings is 1. The lowest BCUT2D eigenvalue weighted by Gasteiger charge is -2.26. The first kappa shape index (κ1) is 20.8. The third kappa shape index (κ3) is 5.49. The van der Waals surface area contributed by atoms with Gasteiger partial charge in [0.25, 0.3) is 0 Å². The molecule has 1 aromatic carbocycles. The van der Waals surface area contributed by atoms with Crippen molar-refractivity contribution in [2.75, 3.05) is 53.6 Å². The predicted octanol–water partition coefficient (Wildman–Crippen LogP) is 2.06. The van der Waals surface area contributed by atoms with Crippen LogP contribution in [0.5, 0.6) is 5.75 Å². The van der Waals surface area contributed by atoms with E-state index in [2.05, 4.69) is 20.5 Å².